The molecule has 0 aliphatic carbocycles. The summed E-state index contributed by atoms with van der Waals surface area (Å²) >= 11 is 3.46. The molecular weight excluding hydrogens is 308 g/mol. The Bertz CT molecular complexity index is 385. The van der Waals surface area contributed by atoms with Crippen molar-refractivity contribution >= 4 is 15.9 Å². The van der Waals surface area contributed by atoms with Crippen molar-refractivity contribution in [2.45, 2.75) is 32.2 Å². The molecule has 0 bridgehead atoms. The summed E-state index contributed by atoms with van der Waals surface area (Å²) in [6.07, 6.45) is -1.24. The maximum absolute atomic E-state index is 11.8. The highest BCUT2D eigenvalue weighted by Gasteiger charge is 2.14. The first-order valence-electron chi connectivity index (χ1n) is 5.71. The standard InChI is InChI=1S/C11H18BrF2N3O/c1-7-11(12)9(17(2)16-7)5-8(15)3-4-18-6-10(13)14/h8,10H,3-6,15H2,1-2H3. The van der Waals surface area contributed by atoms with E-state index in [2.05, 4.69) is 21.0 Å². The second-order valence-corrected chi connectivity index (χ2v) is 4.98. The lowest BCUT2D eigenvalue weighted by molar-refractivity contribution is 0.0152. The van der Waals surface area contributed by atoms with Crippen molar-refractivity contribution < 1.29 is 13.5 Å². The lowest BCUT2D eigenvalue weighted by Crippen LogP contribution is -2.26. The summed E-state index contributed by atoms with van der Waals surface area (Å²) in [6.45, 7) is 1.63. The number of ether oxygens (including phenoxy) is 1. The lowest BCUT2D eigenvalue weighted by atomic mass is 10.1. The van der Waals surface area contributed by atoms with E-state index < -0.39 is 13.0 Å². The van der Waals surface area contributed by atoms with Gasteiger partial charge in [-0.3, -0.25) is 4.68 Å². The number of halogens is 3. The third-order valence-corrected chi connectivity index (χ3v) is 3.63. The summed E-state index contributed by atoms with van der Waals surface area (Å²) in [7, 11) is 1.85. The van der Waals surface area contributed by atoms with E-state index in [0.29, 0.717) is 12.8 Å². The molecule has 0 spiro atoms. The Morgan fingerprint density at radius 2 is 2.17 bits per heavy atom. The molecule has 0 radical (unpaired) electrons. The van der Waals surface area contributed by atoms with Crippen LogP contribution in [0.5, 0.6) is 0 Å². The summed E-state index contributed by atoms with van der Waals surface area (Å²) in [5.41, 5.74) is 7.86. The average Bonchev–Trinajstić information content (AvgIpc) is 2.51. The molecule has 1 rings (SSSR count). The highest BCUT2D eigenvalue weighted by atomic mass is 79.9. The molecule has 18 heavy (non-hydrogen) atoms. The van der Waals surface area contributed by atoms with Gasteiger partial charge < -0.3 is 10.5 Å². The summed E-state index contributed by atoms with van der Waals surface area (Å²) in [5.74, 6) is 0. The molecule has 4 nitrogen and oxygen atoms in total. The van der Waals surface area contributed by atoms with Crippen LogP contribution in [-0.4, -0.2) is 35.5 Å². The molecule has 1 heterocycles. The Labute approximate surface area is 114 Å². The van der Waals surface area contributed by atoms with Crippen LogP contribution < -0.4 is 5.73 Å². The minimum Gasteiger partial charge on any atom is -0.375 e. The molecule has 0 fully saturated rings. The molecule has 0 aliphatic heterocycles. The van der Waals surface area contributed by atoms with E-state index in [-0.39, 0.29) is 12.6 Å². The van der Waals surface area contributed by atoms with Gasteiger partial charge in [0, 0.05) is 26.1 Å². The van der Waals surface area contributed by atoms with E-state index in [1.807, 2.05) is 14.0 Å². The van der Waals surface area contributed by atoms with E-state index in [1.54, 1.807) is 4.68 Å². The first-order chi connectivity index (χ1) is 8.41. The molecule has 1 unspecified atom stereocenters. The van der Waals surface area contributed by atoms with Gasteiger partial charge in [-0.05, 0) is 29.3 Å². The first-order valence-corrected chi connectivity index (χ1v) is 6.50. The zero-order valence-electron chi connectivity index (χ0n) is 10.5. The number of nitrogens with two attached hydrogens (primary N) is 1. The molecule has 2 N–H and O–H groups in total. The van der Waals surface area contributed by atoms with Crippen molar-refractivity contribution in [1.29, 1.82) is 0 Å². The maximum Gasteiger partial charge on any atom is 0.261 e. The SMILES string of the molecule is Cc1nn(C)c(CC(N)CCOCC(F)F)c1Br. The van der Waals surface area contributed by atoms with E-state index in [4.69, 9.17) is 10.5 Å². The smallest absolute Gasteiger partial charge is 0.261 e. The Morgan fingerprint density at radius 1 is 1.50 bits per heavy atom. The minimum atomic E-state index is -2.42. The molecular formula is C11H18BrF2N3O. The maximum atomic E-state index is 11.8. The molecule has 0 aromatic carbocycles. The van der Waals surface area contributed by atoms with Crippen LogP contribution in [0.2, 0.25) is 0 Å². The van der Waals surface area contributed by atoms with Crippen molar-refractivity contribution in [3.05, 3.63) is 15.9 Å². The molecule has 1 aromatic heterocycles. The Morgan fingerprint density at radius 3 is 2.67 bits per heavy atom. The first kappa shape index (κ1) is 15.5. The Balaban J connectivity index is 2.38. The zero-order chi connectivity index (χ0) is 13.7. The van der Waals surface area contributed by atoms with E-state index >= 15 is 0 Å². The number of nitrogens with zero attached hydrogens (tertiary/aromatic N) is 2. The van der Waals surface area contributed by atoms with Gasteiger partial charge >= 0.3 is 0 Å². The fraction of sp³-hybridized carbons (Fsp3) is 0.727. The number of aryl methyl sites for hydroxylation is 2. The fourth-order valence-corrected chi connectivity index (χ4v) is 2.16. The topological polar surface area (TPSA) is 53.1 Å². The third-order valence-electron chi connectivity index (χ3n) is 2.59. The number of aromatic nitrogens is 2. The van der Waals surface area contributed by atoms with Gasteiger partial charge in [0.05, 0.1) is 15.9 Å². The molecule has 0 saturated heterocycles. The molecule has 7 heteroatoms. The third kappa shape index (κ3) is 4.62. The van der Waals surface area contributed by atoms with Gasteiger partial charge in [0.2, 0.25) is 0 Å². The van der Waals surface area contributed by atoms with Crippen LogP contribution in [-0.2, 0) is 18.2 Å². The predicted octanol–water partition coefficient (Wildman–Crippen LogP) is 2.03. The van der Waals surface area contributed by atoms with Gasteiger partial charge in [0.15, 0.2) is 0 Å². The van der Waals surface area contributed by atoms with E-state index in [9.17, 15) is 8.78 Å². The van der Waals surface area contributed by atoms with Crippen LogP contribution in [0.1, 0.15) is 17.8 Å². The minimum absolute atomic E-state index is 0.131. The number of alkyl halides is 2. The molecule has 0 saturated carbocycles. The van der Waals surface area contributed by atoms with Crippen LogP contribution >= 0.6 is 15.9 Å². The van der Waals surface area contributed by atoms with Crippen LogP contribution in [0.25, 0.3) is 0 Å². The Hall–Kier alpha value is -0.530. The van der Waals surface area contributed by atoms with Gasteiger partial charge in [-0.2, -0.15) is 5.10 Å². The highest BCUT2D eigenvalue weighted by Crippen LogP contribution is 2.21. The Kier molecular flexibility index (Phi) is 6.17. The van der Waals surface area contributed by atoms with Gasteiger partial charge in [0.25, 0.3) is 6.43 Å². The van der Waals surface area contributed by atoms with Crippen molar-refractivity contribution in [1.82, 2.24) is 9.78 Å². The van der Waals surface area contributed by atoms with Crippen molar-refractivity contribution in [3.63, 3.8) is 0 Å². The van der Waals surface area contributed by atoms with Crippen LogP contribution in [0.15, 0.2) is 4.47 Å². The van der Waals surface area contributed by atoms with Gasteiger partial charge in [0.1, 0.15) is 6.61 Å². The monoisotopic (exact) mass is 325 g/mol. The number of hydrogen-bond donors (Lipinski definition) is 1. The second-order valence-electron chi connectivity index (χ2n) is 4.19. The fourth-order valence-electron chi connectivity index (χ4n) is 1.66. The summed E-state index contributed by atoms with van der Waals surface area (Å²) < 4.78 is 31.2. The lowest BCUT2D eigenvalue weighted by Gasteiger charge is -2.12. The molecule has 0 amide bonds. The predicted molar refractivity (Wildman–Crippen MR) is 68.8 cm³/mol. The van der Waals surface area contributed by atoms with E-state index in [0.717, 1.165) is 15.9 Å². The number of hydrogen-bond acceptors (Lipinski definition) is 3. The van der Waals surface area contributed by atoms with Crippen molar-refractivity contribution in [2.75, 3.05) is 13.2 Å². The normalized spacial score (nSPS) is 13.3. The van der Waals surface area contributed by atoms with Crippen molar-refractivity contribution in [2.24, 2.45) is 12.8 Å². The second kappa shape index (κ2) is 7.16. The largest absolute Gasteiger partial charge is 0.375 e. The zero-order valence-corrected chi connectivity index (χ0v) is 12.1. The van der Waals surface area contributed by atoms with E-state index in [1.165, 1.54) is 0 Å². The molecule has 104 valence electrons. The van der Waals surface area contributed by atoms with Crippen molar-refractivity contribution in [3.8, 4) is 0 Å². The van der Waals surface area contributed by atoms with Crippen LogP contribution in [0, 0.1) is 6.92 Å². The molecule has 1 aromatic rings. The summed E-state index contributed by atoms with van der Waals surface area (Å²) in [5, 5.41) is 4.27. The molecule has 1 atom stereocenters. The quantitative estimate of drug-likeness (QED) is 0.780. The summed E-state index contributed by atoms with van der Waals surface area (Å²) in [4.78, 5) is 0. The van der Waals surface area contributed by atoms with Gasteiger partial charge in [-0.1, -0.05) is 0 Å². The average molecular weight is 326 g/mol. The molecule has 0 aliphatic rings. The van der Waals surface area contributed by atoms with Crippen LogP contribution in [0.4, 0.5) is 8.78 Å². The summed E-state index contributed by atoms with van der Waals surface area (Å²) in [6, 6.07) is -0.131. The highest BCUT2D eigenvalue weighted by molar-refractivity contribution is 9.10. The number of rotatable bonds is 7. The van der Waals surface area contributed by atoms with Gasteiger partial charge in [-0.25, -0.2) is 8.78 Å². The van der Waals surface area contributed by atoms with Gasteiger partial charge in [-0.15, -0.1) is 0 Å². The van der Waals surface area contributed by atoms with Crippen LogP contribution in [0.3, 0.4) is 0 Å².